The van der Waals surface area contributed by atoms with E-state index in [0.717, 1.165) is 5.92 Å². The molecule has 18 heavy (non-hydrogen) atoms. The number of aryl methyl sites for hydroxylation is 1. The summed E-state index contributed by atoms with van der Waals surface area (Å²) in [5.41, 5.74) is 9.04. The van der Waals surface area contributed by atoms with E-state index < -0.39 is 0 Å². The van der Waals surface area contributed by atoms with Gasteiger partial charge in [0, 0.05) is 24.3 Å². The van der Waals surface area contributed by atoms with Crippen LogP contribution in [0.2, 0.25) is 0 Å². The molecule has 98 valence electrons. The van der Waals surface area contributed by atoms with Gasteiger partial charge in [0.1, 0.15) is 0 Å². The Morgan fingerprint density at radius 1 is 1.22 bits per heavy atom. The summed E-state index contributed by atoms with van der Waals surface area (Å²) < 4.78 is 0. The lowest BCUT2D eigenvalue weighted by atomic mass is 9.95. The second-order valence-electron chi connectivity index (χ2n) is 6.11. The molecule has 0 aromatic heterocycles. The number of anilines is 1. The van der Waals surface area contributed by atoms with Gasteiger partial charge in [-0.15, -0.1) is 0 Å². The van der Waals surface area contributed by atoms with Gasteiger partial charge in [-0.1, -0.05) is 18.2 Å². The van der Waals surface area contributed by atoms with Crippen molar-refractivity contribution in [2.24, 2.45) is 11.7 Å². The molecule has 2 nitrogen and oxygen atoms in total. The first kappa shape index (κ1) is 12.0. The predicted molar refractivity (Wildman–Crippen MR) is 76.9 cm³/mol. The summed E-state index contributed by atoms with van der Waals surface area (Å²) in [5.74, 6) is 0.800. The molecule has 0 spiro atoms. The summed E-state index contributed by atoms with van der Waals surface area (Å²) in [6, 6.07) is 10.0. The number of rotatable bonds is 2. The number of para-hydroxylation sites is 1. The smallest absolute Gasteiger partial charge is 0.0401 e. The highest BCUT2D eigenvalue weighted by Gasteiger charge is 2.28. The number of fused-ring (bicyclic) bond motifs is 1. The van der Waals surface area contributed by atoms with Gasteiger partial charge in [-0.05, 0) is 56.6 Å². The van der Waals surface area contributed by atoms with E-state index in [1.165, 1.54) is 49.9 Å². The average molecular weight is 244 g/mol. The molecule has 2 N–H and O–H groups in total. The zero-order valence-electron chi connectivity index (χ0n) is 11.3. The topological polar surface area (TPSA) is 29.3 Å². The van der Waals surface area contributed by atoms with Crippen LogP contribution >= 0.6 is 0 Å². The molecule has 0 saturated heterocycles. The van der Waals surface area contributed by atoms with E-state index in [-0.39, 0.29) is 0 Å². The van der Waals surface area contributed by atoms with Crippen LogP contribution in [0.15, 0.2) is 24.3 Å². The Kier molecular flexibility index (Phi) is 3.29. The van der Waals surface area contributed by atoms with E-state index in [9.17, 15) is 0 Å². The molecule has 0 amide bonds. The van der Waals surface area contributed by atoms with E-state index in [0.29, 0.717) is 12.1 Å². The molecule has 1 aliphatic heterocycles. The fourth-order valence-corrected chi connectivity index (χ4v) is 3.60. The van der Waals surface area contributed by atoms with Crippen molar-refractivity contribution >= 4 is 5.69 Å². The highest BCUT2D eigenvalue weighted by molar-refractivity contribution is 5.56. The Balaban J connectivity index is 1.78. The van der Waals surface area contributed by atoms with Gasteiger partial charge in [-0.2, -0.15) is 0 Å². The molecular weight excluding hydrogens is 220 g/mol. The Hall–Kier alpha value is -1.02. The van der Waals surface area contributed by atoms with Gasteiger partial charge in [0.25, 0.3) is 0 Å². The Labute approximate surface area is 110 Å². The molecule has 1 fully saturated rings. The van der Waals surface area contributed by atoms with Crippen LogP contribution in [0.3, 0.4) is 0 Å². The van der Waals surface area contributed by atoms with Gasteiger partial charge in [0.2, 0.25) is 0 Å². The van der Waals surface area contributed by atoms with Crippen molar-refractivity contribution in [2.45, 2.75) is 51.1 Å². The molecule has 1 aliphatic carbocycles. The van der Waals surface area contributed by atoms with Gasteiger partial charge < -0.3 is 10.6 Å². The van der Waals surface area contributed by atoms with Gasteiger partial charge in [0.15, 0.2) is 0 Å². The molecule has 3 rings (SSSR count). The van der Waals surface area contributed by atoms with Crippen LogP contribution in [0.1, 0.15) is 38.2 Å². The molecule has 3 unspecified atom stereocenters. The molecule has 0 radical (unpaired) electrons. The molecular formula is C16H24N2. The van der Waals surface area contributed by atoms with Crippen LogP contribution in [0, 0.1) is 5.92 Å². The number of hydrogen-bond donors (Lipinski definition) is 1. The Morgan fingerprint density at radius 2 is 2.06 bits per heavy atom. The third-order valence-electron chi connectivity index (χ3n) is 4.70. The quantitative estimate of drug-likeness (QED) is 0.866. The van der Waals surface area contributed by atoms with Gasteiger partial charge in [-0.3, -0.25) is 0 Å². The van der Waals surface area contributed by atoms with Crippen molar-refractivity contribution < 1.29 is 0 Å². The molecule has 1 aromatic carbocycles. The average Bonchev–Trinajstić information content (AvgIpc) is 2.79. The highest BCUT2D eigenvalue weighted by Crippen LogP contribution is 2.33. The maximum atomic E-state index is 6.04. The Bertz CT molecular complexity index is 415. The highest BCUT2D eigenvalue weighted by atomic mass is 15.2. The minimum Gasteiger partial charge on any atom is -0.368 e. The second-order valence-corrected chi connectivity index (χ2v) is 6.11. The summed E-state index contributed by atoms with van der Waals surface area (Å²) in [7, 11) is 0. The van der Waals surface area contributed by atoms with Crippen LogP contribution in [-0.4, -0.2) is 18.6 Å². The van der Waals surface area contributed by atoms with Crippen LogP contribution in [0.5, 0.6) is 0 Å². The van der Waals surface area contributed by atoms with Crippen molar-refractivity contribution in [1.29, 1.82) is 0 Å². The molecule has 0 bridgehead atoms. The summed E-state index contributed by atoms with van der Waals surface area (Å²) in [6.45, 7) is 3.57. The first-order chi connectivity index (χ1) is 8.74. The van der Waals surface area contributed by atoms with Crippen molar-refractivity contribution in [3.05, 3.63) is 29.8 Å². The van der Waals surface area contributed by atoms with E-state index in [2.05, 4.69) is 36.1 Å². The van der Waals surface area contributed by atoms with Crippen molar-refractivity contribution in [3.8, 4) is 0 Å². The lowest BCUT2D eigenvalue weighted by Gasteiger charge is -2.38. The number of benzene rings is 1. The number of nitrogens with zero attached hydrogens (tertiary/aromatic N) is 1. The first-order valence-corrected chi connectivity index (χ1v) is 7.34. The predicted octanol–water partition coefficient (Wildman–Crippen LogP) is 2.96. The maximum Gasteiger partial charge on any atom is 0.0401 e. The molecule has 2 heteroatoms. The summed E-state index contributed by atoms with van der Waals surface area (Å²) in [6.07, 6.45) is 6.26. The molecule has 2 aliphatic rings. The molecule has 3 atom stereocenters. The maximum absolute atomic E-state index is 6.04. The van der Waals surface area contributed by atoms with Crippen LogP contribution in [0.25, 0.3) is 0 Å². The molecule has 1 saturated carbocycles. The normalized spacial score (nSPS) is 31.4. The fraction of sp³-hybridized carbons (Fsp3) is 0.625. The SMILES string of the molecule is CC1CCc2ccccc2N1CC1CCC(N)C1. The monoisotopic (exact) mass is 244 g/mol. The third-order valence-corrected chi connectivity index (χ3v) is 4.70. The van der Waals surface area contributed by atoms with E-state index in [1.807, 2.05) is 0 Å². The Morgan fingerprint density at radius 3 is 2.83 bits per heavy atom. The molecule has 1 aromatic rings. The number of nitrogens with two attached hydrogens (primary N) is 1. The minimum atomic E-state index is 0.449. The largest absolute Gasteiger partial charge is 0.368 e. The summed E-state index contributed by atoms with van der Waals surface area (Å²) >= 11 is 0. The van der Waals surface area contributed by atoms with Gasteiger partial charge in [-0.25, -0.2) is 0 Å². The van der Waals surface area contributed by atoms with Crippen molar-refractivity contribution in [1.82, 2.24) is 0 Å². The minimum absolute atomic E-state index is 0.449. The van der Waals surface area contributed by atoms with Gasteiger partial charge in [0.05, 0.1) is 0 Å². The van der Waals surface area contributed by atoms with Crippen LogP contribution in [0.4, 0.5) is 5.69 Å². The van der Waals surface area contributed by atoms with Gasteiger partial charge >= 0.3 is 0 Å². The first-order valence-electron chi connectivity index (χ1n) is 7.34. The van der Waals surface area contributed by atoms with E-state index in [1.54, 1.807) is 0 Å². The zero-order chi connectivity index (χ0) is 12.5. The number of hydrogen-bond acceptors (Lipinski definition) is 2. The summed E-state index contributed by atoms with van der Waals surface area (Å²) in [4.78, 5) is 2.63. The van der Waals surface area contributed by atoms with E-state index in [4.69, 9.17) is 5.73 Å². The second kappa shape index (κ2) is 4.93. The standard InChI is InChI=1S/C16H24N2/c1-12-6-8-14-4-2-3-5-16(14)18(12)11-13-7-9-15(17)10-13/h2-5,12-13,15H,6-11,17H2,1H3. The molecule has 1 heterocycles. The van der Waals surface area contributed by atoms with Crippen LogP contribution < -0.4 is 10.6 Å². The lowest BCUT2D eigenvalue weighted by molar-refractivity contribution is 0.469. The summed E-state index contributed by atoms with van der Waals surface area (Å²) in [5, 5.41) is 0. The lowest BCUT2D eigenvalue weighted by Crippen LogP contribution is -2.40. The van der Waals surface area contributed by atoms with Crippen molar-refractivity contribution in [3.63, 3.8) is 0 Å². The van der Waals surface area contributed by atoms with Crippen LogP contribution in [-0.2, 0) is 6.42 Å². The fourth-order valence-electron chi connectivity index (χ4n) is 3.60. The zero-order valence-corrected chi connectivity index (χ0v) is 11.3. The third kappa shape index (κ3) is 2.26. The van der Waals surface area contributed by atoms with E-state index >= 15 is 0 Å². The van der Waals surface area contributed by atoms with Crippen molar-refractivity contribution in [2.75, 3.05) is 11.4 Å².